The zero-order valence-electron chi connectivity index (χ0n) is 38.0. The number of aliphatic hydroxyl groups excluding tert-OH is 2. The number of allylic oxidation sites excluding steroid dienone is 10. The molecule has 0 radical (unpaired) electrons. The van der Waals surface area contributed by atoms with E-state index in [4.69, 9.17) is 18.5 Å². The molecule has 0 saturated heterocycles. The van der Waals surface area contributed by atoms with Crippen LogP contribution in [0.15, 0.2) is 72.9 Å². The number of Topliss-reactive ketones (excluding diaryl/α,β-unsaturated/α-hetero) is 1. The summed E-state index contributed by atoms with van der Waals surface area (Å²) < 4.78 is 33.8. The van der Waals surface area contributed by atoms with Gasteiger partial charge in [0, 0.05) is 31.1 Å². The number of ketones is 1. The fourth-order valence-corrected chi connectivity index (χ4v) is 7.25. The first-order valence-corrected chi connectivity index (χ1v) is 24.2. The van der Waals surface area contributed by atoms with Crippen molar-refractivity contribution < 1.29 is 57.1 Å². The third kappa shape index (κ3) is 31.5. The van der Waals surface area contributed by atoms with Crippen molar-refractivity contribution in [3.8, 4) is 0 Å². The van der Waals surface area contributed by atoms with Crippen LogP contribution in [0.5, 0.6) is 0 Å². The molecule has 61 heavy (non-hydrogen) atoms. The second kappa shape index (κ2) is 34.5. The summed E-state index contributed by atoms with van der Waals surface area (Å²) in [6.45, 7) is 3.65. The first-order valence-electron chi connectivity index (χ1n) is 22.7. The summed E-state index contributed by atoms with van der Waals surface area (Å²) in [4.78, 5) is 50.4. The summed E-state index contributed by atoms with van der Waals surface area (Å²) in [6.07, 6.45) is 35.6. The summed E-state index contributed by atoms with van der Waals surface area (Å²) in [5, 5.41) is 20.7. The Morgan fingerprint density at radius 1 is 0.803 bits per heavy atom. The van der Waals surface area contributed by atoms with Gasteiger partial charge >= 0.3 is 11.9 Å². The van der Waals surface area contributed by atoms with Crippen molar-refractivity contribution in [2.24, 2.45) is 11.8 Å². The second-order valence-electron chi connectivity index (χ2n) is 16.8. The van der Waals surface area contributed by atoms with Crippen LogP contribution < -0.4 is 4.89 Å². The number of rotatable bonds is 36. The lowest BCUT2D eigenvalue weighted by Gasteiger charge is -2.28. The van der Waals surface area contributed by atoms with Crippen LogP contribution in [-0.4, -0.2) is 98.2 Å². The number of carbonyl (C=O) groups excluding carboxylic acids is 3. The van der Waals surface area contributed by atoms with Crippen molar-refractivity contribution in [3.05, 3.63) is 72.9 Å². The van der Waals surface area contributed by atoms with Crippen LogP contribution in [-0.2, 0) is 37.5 Å². The van der Waals surface area contributed by atoms with E-state index in [0.29, 0.717) is 43.1 Å². The Morgan fingerprint density at radius 2 is 1.41 bits per heavy atom. The van der Waals surface area contributed by atoms with Gasteiger partial charge in [0.05, 0.1) is 40.0 Å². The van der Waals surface area contributed by atoms with Gasteiger partial charge in [0.15, 0.2) is 6.10 Å². The number of carbonyl (C=O) groups is 3. The number of quaternary nitrogens is 1. The van der Waals surface area contributed by atoms with Gasteiger partial charge in [0.25, 0.3) is 7.82 Å². The second-order valence-corrected chi connectivity index (χ2v) is 18.2. The maximum absolute atomic E-state index is 12.7. The molecule has 0 aromatic heterocycles. The van der Waals surface area contributed by atoms with Crippen LogP contribution in [0.3, 0.4) is 0 Å². The molecule has 1 saturated carbocycles. The number of unbranched alkanes of at least 4 members (excludes halogenated alkanes) is 6. The van der Waals surface area contributed by atoms with Crippen molar-refractivity contribution >= 4 is 25.5 Å². The number of phosphoric acid groups is 1. The average molecular weight is 878 g/mol. The first-order chi connectivity index (χ1) is 29.2. The molecule has 0 bridgehead atoms. The molecule has 1 aliphatic carbocycles. The van der Waals surface area contributed by atoms with Gasteiger partial charge in [-0.05, 0) is 64.2 Å². The van der Waals surface area contributed by atoms with Gasteiger partial charge in [0.1, 0.15) is 25.5 Å². The van der Waals surface area contributed by atoms with Crippen molar-refractivity contribution in [2.75, 3.05) is 47.5 Å². The van der Waals surface area contributed by atoms with Crippen LogP contribution in [0.1, 0.15) is 136 Å². The van der Waals surface area contributed by atoms with E-state index in [0.717, 1.165) is 70.6 Å². The highest BCUT2D eigenvalue weighted by molar-refractivity contribution is 7.45. The highest BCUT2D eigenvalue weighted by Gasteiger charge is 2.39. The van der Waals surface area contributed by atoms with Gasteiger partial charge in [-0.25, -0.2) is 0 Å². The maximum Gasteiger partial charge on any atom is 0.306 e. The van der Waals surface area contributed by atoms with E-state index < -0.39 is 44.7 Å². The molecule has 0 spiro atoms. The number of ether oxygens (including phenoxy) is 2. The Balaban J connectivity index is 2.51. The molecule has 13 heteroatoms. The third-order valence-corrected chi connectivity index (χ3v) is 11.1. The van der Waals surface area contributed by atoms with Crippen LogP contribution in [0.2, 0.25) is 0 Å². The lowest BCUT2D eigenvalue weighted by Crippen LogP contribution is -2.37. The van der Waals surface area contributed by atoms with Gasteiger partial charge in [-0.3, -0.25) is 18.9 Å². The van der Waals surface area contributed by atoms with E-state index in [1.807, 2.05) is 39.4 Å². The molecule has 0 heterocycles. The summed E-state index contributed by atoms with van der Waals surface area (Å²) in [5.74, 6) is -1.62. The highest BCUT2D eigenvalue weighted by Crippen LogP contribution is 2.38. The molecule has 1 aliphatic rings. The van der Waals surface area contributed by atoms with Gasteiger partial charge in [-0.2, -0.15) is 0 Å². The summed E-state index contributed by atoms with van der Waals surface area (Å²) in [7, 11) is 0.984. The van der Waals surface area contributed by atoms with Gasteiger partial charge in [0.2, 0.25) is 0 Å². The summed E-state index contributed by atoms with van der Waals surface area (Å²) >= 11 is 0. The van der Waals surface area contributed by atoms with E-state index in [1.54, 1.807) is 6.08 Å². The molecule has 0 aromatic carbocycles. The molecule has 0 aliphatic heterocycles. The molecule has 1 fully saturated rings. The monoisotopic (exact) mass is 878 g/mol. The minimum absolute atomic E-state index is 0.0415. The molecule has 1 unspecified atom stereocenters. The first kappa shape index (κ1) is 56.1. The number of hydrogen-bond donors (Lipinski definition) is 2. The van der Waals surface area contributed by atoms with Gasteiger partial charge < -0.3 is 38.1 Å². The summed E-state index contributed by atoms with van der Waals surface area (Å²) in [6, 6.07) is 0. The summed E-state index contributed by atoms with van der Waals surface area (Å²) in [5.41, 5.74) is 0. The molecule has 0 amide bonds. The highest BCUT2D eigenvalue weighted by atomic mass is 31.2. The molecule has 1 rings (SSSR count). The molecule has 2 N–H and O–H groups in total. The van der Waals surface area contributed by atoms with Crippen LogP contribution in [0.25, 0.3) is 0 Å². The third-order valence-electron chi connectivity index (χ3n) is 10.1. The normalized spacial score (nSPS) is 19.7. The fourth-order valence-electron chi connectivity index (χ4n) is 6.53. The van der Waals surface area contributed by atoms with Gasteiger partial charge in [-0.1, -0.05) is 125 Å². The average Bonchev–Trinajstić information content (AvgIpc) is 3.47. The Bertz CT molecular complexity index is 1430. The zero-order valence-corrected chi connectivity index (χ0v) is 38.9. The number of esters is 2. The molecule has 348 valence electrons. The fraction of sp³-hybridized carbons (Fsp3) is 0.688. The number of hydrogen-bond acceptors (Lipinski definition) is 11. The smallest absolute Gasteiger partial charge is 0.306 e. The number of phosphoric ester groups is 1. The SMILES string of the molecule is CC/C=C\C/C=C\C/C=C\C/C=C\C/C=C\CCCC(=O)O[C@H](COC(=O)CCCCCC[C@H]1C(=O)C[C@@H](O)[C@@H]1/C=C/[C@@H](O)CCCCC)COP(=O)([O-])OCC[N+](C)(C)C. The molecular weight excluding hydrogens is 797 g/mol. The van der Waals surface area contributed by atoms with Crippen LogP contribution in [0, 0.1) is 11.8 Å². The maximum atomic E-state index is 12.7. The lowest BCUT2D eigenvalue weighted by atomic mass is 9.88. The van der Waals surface area contributed by atoms with Gasteiger partial charge in [-0.15, -0.1) is 0 Å². The minimum Gasteiger partial charge on any atom is -0.756 e. The molecule has 0 aromatic rings. The predicted molar refractivity (Wildman–Crippen MR) is 241 cm³/mol. The topological polar surface area (TPSA) is 169 Å². The quantitative estimate of drug-likeness (QED) is 0.0203. The minimum atomic E-state index is -4.71. The Kier molecular flexibility index (Phi) is 31.7. The number of nitrogens with zero attached hydrogens (tertiary/aromatic N) is 1. The van der Waals surface area contributed by atoms with Crippen molar-refractivity contribution in [1.82, 2.24) is 0 Å². The number of aliphatic hydroxyl groups is 2. The standard InChI is InChI=1S/C48H80NO11P/c1-6-8-10-11-12-13-14-15-16-17-18-19-20-21-22-23-29-33-48(54)60-42(40-59-61(55,56)58-37-36-49(3,4)5)39-57-47(53)32-28-25-24-27-31-43-44(46(52)38-45(43)51)35-34-41(50)30-26-9-7-2/h8,10,12-13,15-16,18-19,21-22,34-35,41-44,46,50,52H,6-7,9,11,14,17,20,23-33,36-40H2,1-5H3/b10-8-,13-12-,16-15-,19-18-,22-21-,35-34+/t41-,42+,43+,44+,46+/m0/s1. The molecular formula is C48H80NO11P. The van der Waals surface area contributed by atoms with Crippen molar-refractivity contribution in [3.63, 3.8) is 0 Å². The predicted octanol–water partition coefficient (Wildman–Crippen LogP) is 8.98. The Labute approximate surface area is 368 Å². The van der Waals surface area contributed by atoms with Crippen molar-refractivity contribution in [1.29, 1.82) is 0 Å². The molecule has 12 nitrogen and oxygen atoms in total. The van der Waals surface area contributed by atoms with E-state index in [1.165, 1.54) is 0 Å². The van der Waals surface area contributed by atoms with E-state index in [9.17, 15) is 34.1 Å². The van der Waals surface area contributed by atoms with Crippen LogP contribution >= 0.6 is 7.82 Å². The number of likely N-dealkylation sites (N-methyl/N-ethyl adjacent to an activating group) is 1. The zero-order chi connectivity index (χ0) is 45.2. The largest absolute Gasteiger partial charge is 0.756 e. The van der Waals surface area contributed by atoms with E-state index in [2.05, 4.69) is 62.5 Å². The van der Waals surface area contributed by atoms with E-state index >= 15 is 0 Å². The Hall–Kier alpha value is -2.96. The molecule has 6 atom stereocenters. The van der Waals surface area contributed by atoms with Crippen molar-refractivity contribution in [2.45, 2.75) is 154 Å². The lowest BCUT2D eigenvalue weighted by molar-refractivity contribution is -0.870. The Morgan fingerprint density at radius 3 is 2.03 bits per heavy atom. The van der Waals surface area contributed by atoms with E-state index in [-0.39, 0.29) is 50.1 Å². The van der Waals surface area contributed by atoms with Crippen LogP contribution in [0.4, 0.5) is 0 Å².